The predicted octanol–water partition coefficient (Wildman–Crippen LogP) is 3.70. The summed E-state index contributed by atoms with van der Waals surface area (Å²) in [5.41, 5.74) is 1.50. The van der Waals surface area contributed by atoms with E-state index in [0.717, 1.165) is 6.04 Å². The Morgan fingerprint density at radius 1 is 1.20 bits per heavy atom. The highest BCUT2D eigenvalue weighted by molar-refractivity contribution is 5.21. The Hall–Kier alpha value is -0.860. The first-order valence-electron chi connectivity index (χ1n) is 8.34. The molecule has 2 fully saturated rings. The van der Waals surface area contributed by atoms with Crippen LogP contribution in [0.2, 0.25) is 0 Å². The third kappa shape index (κ3) is 2.77. The van der Waals surface area contributed by atoms with Gasteiger partial charge in [-0.3, -0.25) is 9.80 Å². The number of hydrogen-bond donors (Lipinski definition) is 0. The largest absolute Gasteiger partial charge is 0.297 e. The van der Waals surface area contributed by atoms with Crippen LogP contribution in [0.1, 0.15) is 51.1 Å². The maximum absolute atomic E-state index is 2.78. The van der Waals surface area contributed by atoms with Crippen LogP contribution in [-0.2, 0) is 0 Å². The number of hydrogen-bond acceptors (Lipinski definition) is 2. The molecule has 20 heavy (non-hydrogen) atoms. The second-order valence-corrected chi connectivity index (χ2v) is 6.55. The van der Waals surface area contributed by atoms with Crippen molar-refractivity contribution >= 4 is 0 Å². The Kier molecular flexibility index (Phi) is 4.42. The van der Waals surface area contributed by atoms with E-state index in [0.29, 0.717) is 12.1 Å². The SMILES string of the molecule is CCCC(C)N1CC2CCCN2CC1c1ccccc1. The van der Waals surface area contributed by atoms with Crippen LogP contribution >= 0.6 is 0 Å². The molecule has 3 atom stereocenters. The molecule has 0 aromatic heterocycles. The second kappa shape index (κ2) is 6.28. The Morgan fingerprint density at radius 2 is 2.00 bits per heavy atom. The molecule has 0 bridgehead atoms. The average molecular weight is 272 g/mol. The molecule has 0 spiro atoms. The van der Waals surface area contributed by atoms with Crippen LogP contribution in [0.5, 0.6) is 0 Å². The van der Waals surface area contributed by atoms with Crippen molar-refractivity contribution in [2.75, 3.05) is 19.6 Å². The summed E-state index contributed by atoms with van der Waals surface area (Å²) in [6.45, 7) is 8.53. The van der Waals surface area contributed by atoms with Crippen molar-refractivity contribution in [3.63, 3.8) is 0 Å². The van der Waals surface area contributed by atoms with Gasteiger partial charge in [0.15, 0.2) is 0 Å². The van der Waals surface area contributed by atoms with Gasteiger partial charge in [0.05, 0.1) is 0 Å². The highest BCUT2D eigenvalue weighted by atomic mass is 15.3. The summed E-state index contributed by atoms with van der Waals surface area (Å²) in [6.07, 6.45) is 5.39. The van der Waals surface area contributed by atoms with Gasteiger partial charge in [-0.2, -0.15) is 0 Å². The predicted molar refractivity (Wildman–Crippen MR) is 84.9 cm³/mol. The molecule has 0 saturated carbocycles. The number of fused-ring (bicyclic) bond motifs is 1. The number of nitrogens with zero attached hydrogens (tertiary/aromatic N) is 2. The van der Waals surface area contributed by atoms with Gasteiger partial charge in [-0.05, 0) is 38.3 Å². The van der Waals surface area contributed by atoms with Gasteiger partial charge in [0.2, 0.25) is 0 Å². The summed E-state index contributed by atoms with van der Waals surface area (Å²) >= 11 is 0. The van der Waals surface area contributed by atoms with Gasteiger partial charge in [-0.25, -0.2) is 0 Å². The molecule has 2 heterocycles. The van der Waals surface area contributed by atoms with Crippen molar-refractivity contribution < 1.29 is 0 Å². The Bertz CT molecular complexity index is 417. The summed E-state index contributed by atoms with van der Waals surface area (Å²) in [6, 6.07) is 13.2. The molecule has 0 aliphatic carbocycles. The monoisotopic (exact) mass is 272 g/mol. The van der Waals surface area contributed by atoms with Gasteiger partial charge in [0.25, 0.3) is 0 Å². The van der Waals surface area contributed by atoms with Crippen LogP contribution in [0.3, 0.4) is 0 Å². The summed E-state index contributed by atoms with van der Waals surface area (Å²) in [5, 5.41) is 0. The molecule has 0 N–H and O–H groups in total. The first-order valence-corrected chi connectivity index (χ1v) is 8.34. The fourth-order valence-corrected chi connectivity index (χ4v) is 4.08. The Labute approximate surface area is 123 Å². The summed E-state index contributed by atoms with van der Waals surface area (Å²) in [5.74, 6) is 0. The molecule has 110 valence electrons. The zero-order valence-electron chi connectivity index (χ0n) is 13.0. The molecule has 2 heteroatoms. The lowest BCUT2D eigenvalue weighted by atomic mass is 9.97. The van der Waals surface area contributed by atoms with E-state index in [2.05, 4.69) is 54.0 Å². The van der Waals surface area contributed by atoms with Crippen LogP contribution in [0.15, 0.2) is 30.3 Å². The molecule has 3 unspecified atom stereocenters. The minimum Gasteiger partial charge on any atom is -0.297 e. The number of piperazine rings is 1. The Morgan fingerprint density at radius 3 is 2.75 bits per heavy atom. The maximum atomic E-state index is 2.78. The van der Waals surface area contributed by atoms with Crippen LogP contribution in [0, 0.1) is 0 Å². The Balaban J connectivity index is 1.82. The van der Waals surface area contributed by atoms with Crippen molar-refractivity contribution in [1.29, 1.82) is 0 Å². The zero-order valence-corrected chi connectivity index (χ0v) is 13.0. The van der Waals surface area contributed by atoms with E-state index in [9.17, 15) is 0 Å². The van der Waals surface area contributed by atoms with Crippen molar-refractivity contribution in [2.24, 2.45) is 0 Å². The highest BCUT2D eigenvalue weighted by Crippen LogP contribution is 2.34. The van der Waals surface area contributed by atoms with Gasteiger partial charge >= 0.3 is 0 Å². The van der Waals surface area contributed by atoms with E-state index in [4.69, 9.17) is 0 Å². The molecule has 2 saturated heterocycles. The fraction of sp³-hybridized carbons (Fsp3) is 0.667. The lowest BCUT2D eigenvalue weighted by molar-refractivity contribution is 0.0214. The van der Waals surface area contributed by atoms with Crippen LogP contribution in [-0.4, -0.2) is 41.5 Å². The maximum Gasteiger partial charge on any atom is 0.0478 e. The van der Waals surface area contributed by atoms with Crippen molar-refractivity contribution in [3.8, 4) is 0 Å². The van der Waals surface area contributed by atoms with Crippen LogP contribution in [0.4, 0.5) is 0 Å². The van der Waals surface area contributed by atoms with Gasteiger partial charge in [0, 0.05) is 31.2 Å². The van der Waals surface area contributed by atoms with E-state index >= 15 is 0 Å². The molecular weight excluding hydrogens is 244 g/mol. The number of benzene rings is 1. The van der Waals surface area contributed by atoms with Gasteiger partial charge in [-0.15, -0.1) is 0 Å². The molecule has 2 aliphatic heterocycles. The van der Waals surface area contributed by atoms with Gasteiger partial charge in [-0.1, -0.05) is 43.7 Å². The van der Waals surface area contributed by atoms with E-state index in [1.54, 1.807) is 0 Å². The van der Waals surface area contributed by atoms with Crippen molar-refractivity contribution in [3.05, 3.63) is 35.9 Å². The van der Waals surface area contributed by atoms with Crippen molar-refractivity contribution in [2.45, 2.75) is 57.7 Å². The van der Waals surface area contributed by atoms with Gasteiger partial charge < -0.3 is 0 Å². The molecular formula is C18H28N2. The fourth-order valence-electron chi connectivity index (χ4n) is 4.08. The standard InChI is InChI=1S/C18H28N2/c1-3-8-15(2)20-13-17-11-7-12-19(17)14-18(20)16-9-5-4-6-10-16/h4-6,9-10,15,17-18H,3,7-8,11-14H2,1-2H3. The molecule has 1 aromatic rings. The minimum absolute atomic E-state index is 0.590. The van der Waals surface area contributed by atoms with Crippen LogP contribution < -0.4 is 0 Å². The van der Waals surface area contributed by atoms with E-state index in [1.807, 2.05) is 0 Å². The van der Waals surface area contributed by atoms with E-state index in [-0.39, 0.29) is 0 Å². The second-order valence-electron chi connectivity index (χ2n) is 6.55. The minimum atomic E-state index is 0.590. The quantitative estimate of drug-likeness (QED) is 0.824. The van der Waals surface area contributed by atoms with Crippen molar-refractivity contribution in [1.82, 2.24) is 9.80 Å². The molecule has 2 nitrogen and oxygen atoms in total. The lowest BCUT2D eigenvalue weighted by Gasteiger charge is -2.46. The smallest absolute Gasteiger partial charge is 0.0478 e. The molecule has 0 radical (unpaired) electrons. The molecule has 0 amide bonds. The number of rotatable bonds is 4. The lowest BCUT2D eigenvalue weighted by Crippen LogP contribution is -2.54. The van der Waals surface area contributed by atoms with E-state index < -0.39 is 0 Å². The highest BCUT2D eigenvalue weighted by Gasteiger charge is 2.38. The third-order valence-electron chi connectivity index (χ3n) is 5.19. The average Bonchev–Trinajstić information content (AvgIpc) is 2.94. The summed E-state index contributed by atoms with van der Waals surface area (Å²) in [7, 11) is 0. The zero-order chi connectivity index (χ0) is 13.9. The first kappa shape index (κ1) is 14.1. The van der Waals surface area contributed by atoms with Gasteiger partial charge in [0.1, 0.15) is 0 Å². The topological polar surface area (TPSA) is 6.48 Å². The molecule has 2 aliphatic rings. The summed E-state index contributed by atoms with van der Waals surface area (Å²) in [4.78, 5) is 5.51. The molecule has 1 aromatic carbocycles. The third-order valence-corrected chi connectivity index (χ3v) is 5.19. The van der Waals surface area contributed by atoms with Crippen LogP contribution in [0.25, 0.3) is 0 Å². The van der Waals surface area contributed by atoms with E-state index in [1.165, 1.54) is 50.9 Å². The summed E-state index contributed by atoms with van der Waals surface area (Å²) < 4.78 is 0. The normalized spacial score (nSPS) is 29.3. The molecule has 3 rings (SSSR count). The first-order chi connectivity index (χ1) is 9.79.